The monoisotopic (exact) mass is 665 g/mol. The zero-order valence-corrected chi connectivity index (χ0v) is 28.3. The summed E-state index contributed by atoms with van der Waals surface area (Å²) in [5.74, 6) is -0.184. The molecule has 3 aromatic carbocycles. The summed E-state index contributed by atoms with van der Waals surface area (Å²) in [5, 5.41) is 5.65. The number of carbonyl (C=O) groups excluding carboxylic acids is 3. The van der Waals surface area contributed by atoms with Crippen molar-refractivity contribution in [2.45, 2.75) is 84.0 Å². The molecule has 0 radical (unpaired) electrons. The Morgan fingerprint density at radius 1 is 0.792 bits per heavy atom. The number of nitrogens with one attached hydrogen (secondary N) is 2. The third-order valence-electron chi connectivity index (χ3n) is 7.29. The van der Waals surface area contributed by atoms with E-state index < -0.39 is 65.1 Å². The molecule has 1 amide bonds. The van der Waals surface area contributed by atoms with Crippen molar-refractivity contribution in [3.63, 3.8) is 0 Å². The van der Waals surface area contributed by atoms with Gasteiger partial charge < -0.3 is 34.3 Å². The predicted molar refractivity (Wildman–Crippen MR) is 178 cm³/mol. The van der Waals surface area contributed by atoms with Crippen LogP contribution in [0.2, 0.25) is 0 Å². The number of rotatable bonds is 11. The van der Waals surface area contributed by atoms with Gasteiger partial charge in [-0.1, -0.05) is 42.5 Å². The van der Waals surface area contributed by atoms with Gasteiger partial charge in [-0.3, -0.25) is 19.3 Å². The van der Waals surface area contributed by atoms with E-state index in [0.717, 1.165) is 11.1 Å². The molecule has 0 aromatic heterocycles. The lowest BCUT2D eigenvalue weighted by molar-refractivity contribution is -0.153. The summed E-state index contributed by atoms with van der Waals surface area (Å²) >= 11 is 0. The van der Waals surface area contributed by atoms with Crippen molar-refractivity contribution in [2.75, 3.05) is 30.8 Å². The van der Waals surface area contributed by atoms with Crippen molar-refractivity contribution in [1.82, 2.24) is 4.90 Å². The standard InChI is InChI=1S/C35H43N3O10/c1-34(2,3)47-32(42)38-20-25(45-33(43)48-35(4,5)6)31(24(38)17-21-13-15-23(44-7)16-14-21)46-26(39)19-37-28-27(29(40)30(28)41)36-18-22-11-9-8-10-12-22/h8-16,24-25,31,36-37H,17-20H2,1-7H3/t24-,25+,31+/m1/s1. The maximum atomic E-state index is 13.5. The Bertz CT molecular complexity index is 1650. The van der Waals surface area contributed by atoms with E-state index in [0.29, 0.717) is 12.3 Å². The Kier molecular flexibility index (Phi) is 11.0. The quantitative estimate of drug-likeness (QED) is 0.169. The highest BCUT2D eigenvalue weighted by atomic mass is 16.7. The molecule has 0 saturated carbocycles. The van der Waals surface area contributed by atoms with Crippen LogP contribution in [0.5, 0.6) is 5.75 Å². The third kappa shape index (κ3) is 9.49. The molecule has 2 N–H and O–H groups in total. The molecule has 1 aliphatic heterocycles. The Balaban J connectivity index is 1.56. The van der Waals surface area contributed by atoms with E-state index in [-0.39, 0.29) is 24.3 Å². The van der Waals surface area contributed by atoms with Crippen molar-refractivity contribution in [3.8, 4) is 5.75 Å². The summed E-state index contributed by atoms with van der Waals surface area (Å²) in [4.78, 5) is 65.6. The summed E-state index contributed by atoms with van der Waals surface area (Å²) in [6, 6.07) is 15.6. The molecule has 3 aromatic rings. The lowest BCUT2D eigenvalue weighted by Crippen LogP contribution is -2.46. The summed E-state index contributed by atoms with van der Waals surface area (Å²) in [5.41, 5.74) is -1.46. The van der Waals surface area contributed by atoms with Gasteiger partial charge in [-0.15, -0.1) is 0 Å². The topological polar surface area (TPSA) is 159 Å². The zero-order valence-electron chi connectivity index (χ0n) is 28.3. The first-order chi connectivity index (χ1) is 22.5. The second-order valence-corrected chi connectivity index (χ2v) is 13.4. The second kappa shape index (κ2) is 14.8. The fourth-order valence-corrected chi connectivity index (χ4v) is 5.14. The van der Waals surface area contributed by atoms with Crippen LogP contribution < -0.4 is 26.2 Å². The van der Waals surface area contributed by atoms with E-state index in [9.17, 15) is 24.0 Å². The number of esters is 1. The Morgan fingerprint density at radius 2 is 1.40 bits per heavy atom. The summed E-state index contributed by atoms with van der Waals surface area (Å²) in [6.45, 7) is 9.86. The highest BCUT2D eigenvalue weighted by molar-refractivity contribution is 5.81. The molecule has 1 aliphatic rings. The Labute approximate surface area is 279 Å². The first kappa shape index (κ1) is 35.8. The number of methoxy groups -OCH3 is 1. The molecule has 1 heterocycles. The minimum Gasteiger partial charge on any atom is -0.497 e. The van der Waals surface area contributed by atoms with Gasteiger partial charge in [-0.2, -0.15) is 0 Å². The molecular formula is C35H43N3O10. The Hall–Kier alpha value is -5.07. The molecule has 0 spiro atoms. The van der Waals surface area contributed by atoms with Gasteiger partial charge >= 0.3 is 18.2 Å². The first-order valence-electron chi connectivity index (χ1n) is 15.6. The van der Waals surface area contributed by atoms with E-state index in [1.165, 1.54) is 4.90 Å². The van der Waals surface area contributed by atoms with Gasteiger partial charge in [0.05, 0.1) is 19.7 Å². The van der Waals surface area contributed by atoms with E-state index in [1.807, 2.05) is 42.5 Å². The number of hydrogen-bond acceptors (Lipinski definition) is 12. The predicted octanol–water partition coefficient (Wildman–Crippen LogP) is 4.41. The van der Waals surface area contributed by atoms with Crippen LogP contribution in [0.15, 0.2) is 64.2 Å². The molecule has 13 heteroatoms. The molecule has 3 atom stereocenters. The molecule has 258 valence electrons. The summed E-state index contributed by atoms with van der Waals surface area (Å²) in [7, 11) is 1.55. The SMILES string of the molecule is COc1ccc(C[C@@H]2[C@H](OC(=O)CNc3c(NCc4ccccc4)c(=O)c3=O)[C@@H](OC(=O)OC(C)(C)C)CN2C(=O)OC(C)(C)C)cc1. The van der Waals surface area contributed by atoms with Crippen molar-refractivity contribution in [2.24, 2.45) is 0 Å². The average Bonchev–Trinajstić information content (AvgIpc) is 3.33. The first-order valence-corrected chi connectivity index (χ1v) is 15.6. The number of benzene rings is 2. The van der Waals surface area contributed by atoms with Crippen molar-refractivity contribution < 1.29 is 38.1 Å². The number of carbonyl (C=O) groups is 3. The smallest absolute Gasteiger partial charge is 0.497 e. The summed E-state index contributed by atoms with van der Waals surface area (Å²) in [6.07, 6.45) is -3.75. The van der Waals surface area contributed by atoms with Gasteiger partial charge in [0.2, 0.25) is 0 Å². The van der Waals surface area contributed by atoms with Crippen molar-refractivity contribution in [1.29, 1.82) is 0 Å². The highest BCUT2D eigenvalue weighted by Gasteiger charge is 2.50. The maximum Gasteiger partial charge on any atom is 0.509 e. The molecule has 13 nitrogen and oxygen atoms in total. The molecule has 0 aliphatic carbocycles. The maximum absolute atomic E-state index is 13.5. The van der Waals surface area contributed by atoms with E-state index in [4.69, 9.17) is 23.7 Å². The second-order valence-electron chi connectivity index (χ2n) is 13.4. The number of amides is 1. The van der Waals surface area contributed by atoms with Crippen molar-refractivity contribution >= 4 is 29.6 Å². The Morgan fingerprint density at radius 3 is 1.98 bits per heavy atom. The molecule has 4 rings (SSSR count). The van der Waals surface area contributed by atoms with Crippen LogP contribution in [-0.4, -0.2) is 72.8 Å². The van der Waals surface area contributed by atoms with Crippen LogP contribution in [0.4, 0.5) is 21.0 Å². The highest BCUT2D eigenvalue weighted by Crippen LogP contribution is 2.30. The van der Waals surface area contributed by atoms with Gasteiger partial charge in [0, 0.05) is 6.54 Å². The van der Waals surface area contributed by atoms with Crippen LogP contribution in [0.1, 0.15) is 52.7 Å². The molecule has 1 saturated heterocycles. The molecule has 0 unspecified atom stereocenters. The van der Waals surface area contributed by atoms with E-state index in [2.05, 4.69) is 10.6 Å². The molecule has 0 bridgehead atoms. The van der Waals surface area contributed by atoms with Gasteiger partial charge in [-0.25, -0.2) is 9.59 Å². The lowest BCUT2D eigenvalue weighted by atomic mass is 10.0. The van der Waals surface area contributed by atoms with E-state index in [1.54, 1.807) is 60.8 Å². The fraction of sp³-hybridized carbons (Fsp3) is 0.457. The number of likely N-dealkylation sites (tertiary alicyclic amines) is 1. The largest absolute Gasteiger partial charge is 0.509 e. The van der Waals surface area contributed by atoms with Crippen LogP contribution >= 0.6 is 0 Å². The van der Waals surface area contributed by atoms with Crippen molar-refractivity contribution in [3.05, 3.63) is 86.2 Å². The number of anilines is 2. The van der Waals surface area contributed by atoms with Gasteiger partial charge in [0.15, 0.2) is 12.2 Å². The molecular weight excluding hydrogens is 622 g/mol. The number of hydrogen-bond donors (Lipinski definition) is 2. The molecule has 48 heavy (non-hydrogen) atoms. The van der Waals surface area contributed by atoms with Gasteiger partial charge in [0.1, 0.15) is 34.9 Å². The van der Waals surface area contributed by atoms with Gasteiger partial charge in [-0.05, 0) is 71.2 Å². The zero-order chi connectivity index (χ0) is 35.2. The van der Waals surface area contributed by atoms with Crippen LogP contribution in [-0.2, 0) is 36.7 Å². The normalized spacial score (nSPS) is 17.8. The van der Waals surface area contributed by atoms with Crippen LogP contribution in [0.3, 0.4) is 0 Å². The van der Waals surface area contributed by atoms with E-state index >= 15 is 0 Å². The fourth-order valence-electron chi connectivity index (χ4n) is 5.14. The summed E-state index contributed by atoms with van der Waals surface area (Å²) < 4.78 is 27.8. The molecule has 1 fully saturated rings. The lowest BCUT2D eigenvalue weighted by Gasteiger charge is -2.30. The van der Waals surface area contributed by atoms with Gasteiger partial charge in [0.25, 0.3) is 10.9 Å². The number of nitrogens with zero attached hydrogens (tertiary/aromatic N) is 1. The third-order valence-corrected chi connectivity index (χ3v) is 7.29. The average molecular weight is 666 g/mol. The van der Waals surface area contributed by atoms with Crippen LogP contribution in [0.25, 0.3) is 0 Å². The minimum atomic E-state index is -1.15. The minimum absolute atomic E-state index is 0.0361. The van der Waals surface area contributed by atoms with Crippen LogP contribution in [0, 0.1) is 0 Å². The number of ether oxygens (including phenoxy) is 5.